The average molecular weight is 825 g/mol. The minimum Gasteiger partial charge on any atom is -0.424 e. The summed E-state index contributed by atoms with van der Waals surface area (Å²) >= 11 is 0. The number of nitrogens with two attached hydrogens (primary N) is 3. The zero-order chi connectivity index (χ0) is 41.7. The topological polar surface area (TPSA) is 292 Å². The van der Waals surface area contributed by atoms with Crippen molar-refractivity contribution < 1.29 is 28.2 Å². The zero-order valence-corrected chi connectivity index (χ0v) is 33.0. The number of benzene rings is 1. The second kappa shape index (κ2) is 20.3. The van der Waals surface area contributed by atoms with Crippen LogP contribution in [0.4, 0.5) is 29.4 Å². The van der Waals surface area contributed by atoms with Crippen LogP contribution in [0.1, 0.15) is 29.6 Å². The van der Waals surface area contributed by atoms with E-state index in [0.29, 0.717) is 136 Å². The van der Waals surface area contributed by atoms with Crippen molar-refractivity contribution in [2.24, 2.45) is 0 Å². The number of nitrogens with zero attached hydrogens (tertiary/aromatic N) is 11. The first-order valence-corrected chi connectivity index (χ1v) is 19.6. The van der Waals surface area contributed by atoms with Gasteiger partial charge >= 0.3 is 0 Å². The number of aryl methyl sites for hydroxylation is 1. The van der Waals surface area contributed by atoms with E-state index in [0.717, 1.165) is 18.4 Å². The first-order chi connectivity index (χ1) is 29.3. The Morgan fingerprint density at radius 3 is 2.13 bits per heavy atom. The van der Waals surface area contributed by atoms with E-state index in [1.54, 1.807) is 23.1 Å². The van der Waals surface area contributed by atoms with E-state index < -0.39 is 0 Å². The third kappa shape index (κ3) is 10.8. The number of hydrogen-bond donors (Lipinski definition) is 5. The molecular formula is C38H48N16O6. The summed E-state index contributed by atoms with van der Waals surface area (Å²) in [6.45, 7) is 6.31. The average Bonchev–Trinajstić information content (AvgIpc) is 3.84. The summed E-state index contributed by atoms with van der Waals surface area (Å²) in [6, 6.07) is 5.58. The molecule has 5 aromatic heterocycles. The van der Waals surface area contributed by atoms with Gasteiger partial charge in [0.2, 0.25) is 17.8 Å². The molecule has 316 valence electrons. The number of ether oxygens (including phenoxy) is 3. The van der Waals surface area contributed by atoms with Gasteiger partial charge in [-0.15, -0.1) is 0 Å². The molecule has 0 bridgehead atoms. The smallest absolute Gasteiger partial charge is 0.292 e. The molecule has 0 aliphatic carbocycles. The molecule has 22 heteroatoms. The summed E-state index contributed by atoms with van der Waals surface area (Å²) in [5.41, 5.74) is 21.8. The normalized spacial score (nSPS) is 13.0. The van der Waals surface area contributed by atoms with E-state index in [-0.39, 0.29) is 30.9 Å². The molecule has 1 saturated heterocycles. The van der Waals surface area contributed by atoms with Crippen LogP contribution in [0.3, 0.4) is 0 Å². The number of anilines is 5. The van der Waals surface area contributed by atoms with Gasteiger partial charge < -0.3 is 56.3 Å². The number of piperazine rings is 1. The number of nitrogens with one attached hydrogen (secondary N) is 2. The monoisotopic (exact) mass is 824 g/mol. The van der Waals surface area contributed by atoms with Gasteiger partial charge in [-0.05, 0) is 31.0 Å². The number of carbonyl (C=O) groups is 2. The second-order valence-electron chi connectivity index (χ2n) is 13.7. The number of amides is 2. The molecule has 0 unspecified atom stereocenters. The maximum atomic E-state index is 12.5. The molecule has 6 aromatic rings. The highest BCUT2D eigenvalue weighted by molar-refractivity contribution is 5.99. The molecule has 1 aliphatic heterocycles. The third-order valence-electron chi connectivity index (χ3n) is 9.51. The van der Waals surface area contributed by atoms with Gasteiger partial charge in [-0.3, -0.25) is 9.59 Å². The van der Waals surface area contributed by atoms with Crippen molar-refractivity contribution >= 4 is 63.4 Å². The maximum Gasteiger partial charge on any atom is 0.292 e. The lowest BCUT2D eigenvalue weighted by atomic mass is 10.1. The number of aromatic nitrogens is 9. The van der Waals surface area contributed by atoms with E-state index in [4.69, 9.17) is 40.9 Å². The Morgan fingerprint density at radius 2 is 1.42 bits per heavy atom. The van der Waals surface area contributed by atoms with Crippen LogP contribution in [0.2, 0.25) is 0 Å². The van der Waals surface area contributed by atoms with Crippen LogP contribution < -0.4 is 37.6 Å². The number of oxazole rings is 1. The van der Waals surface area contributed by atoms with Crippen molar-refractivity contribution in [2.45, 2.75) is 25.8 Å². The number of unbranched alkanes of at least 4 members (excludes halogenated alkanes) is 1. The first kappa shape index (κ1) is 41.4. The van der Waals surface area contributed by atoms with E-state index in [2.05, 4.69) is 55.3 Å². The fourth-order valence-corrected chi connectivity index (χ4v) is 6.43. The summed E-state index contributed by atoms with van der Waals surface area (Å²) in [5.74, 6) is 1.17. The molecule has 0 atom stereocenters. The van der Waals surface area contributed by atoms with Crippen molar-refractivity contribution in [1.82, 2.24) is 55.3 Å². The van der Waals surface area contributed by atoms with Crippen molar-refractivity contribution in [3.63, 3.8) is 0 Å². The van der Waals surface area contributed by atoms with Crippen molar-refractivity contribution in [1.29, 1.82) is 0 Å². The first-order valence-electron chi connectivity index (χ1n) is 19.6. The number of carbonyl (C=O) groups excluding carboxylic acids is 2. The highest BCUT2D eigenvalue weighted by atomic mass is 16.5. The molecule has 22 nitrogen and oxygen atoms in total. The van der Waals surface area contributed by atoms with Crippen molar-refractivity contribution in [2.75, 3.05) is 106 Å². The Labute approximate surface area is 344 Å². The standard InChI is InChI=1S/C38H48N16O6/c39-27-22-46-38(47-23-27)53-11-9-52(10-12-53)37-44-20-26(21-45-37)35(56)43-7-14-58-16-18-59-17-15-57-13-5-30(55)42-6-1-2-8-54-34-31(33(40)48-24-49-34)32(51-54)25-3-4-29-28(19-25)50-36(41)60-29/h3-4,19-24H,1-2,5-18,39H2,(H2,41,50)(H,42,55)(H,43,56)(H2,40,48,49). The number of fused-ring (bicyclic) bond motifs is 2. The van der Waals surface area contributed by atoms with Crippen LogP contribution in [0.15, 0.2) is 53.7 Å². The second-order valence-corrected chi connectivity index (χ2v) is 13.7. The van der Waals surface area contributed by atoms with Crippen LogP contribution >= 0.6 is 0 Å². The summed E-state index contributed by atoms with van der Waals surface area (Å²) in [7, 11) is 0. The summed E-state index contributed by atoms with van der Waals surface area (Å²) < 4.78 is 23.8. The Balaban J connectivity index is 0.684. The summed E-state index contributed by atoms with van der Waals surface area (Å²) in [6.07, 6.45) is 9.39. The maximum absolute atomic E-state index is 12.5. The molecule has 7 rings (SSSR count). The molecule has 2 amide bonds. The molecule has 1 aromatic carbocycles. The zero-order valence-electron chi connectivity index (χ0n) is 33.0. The number of nitrogen functional groups attached to an aromatic ring is 3. The quantitative estimate of drug-likeness (QED) is 0.0634. The van der Waals surface area contributed by atoms with Crippen LogP contribution in [-0.4, -0.2) is 135 Å². The molecule has 8 N–H and O–H groups in total. The van der Waals surface area contributed by atoms with E-state index in [1.165, 1.54) is 18.7 Å². The van der Waals surface area contributed by atoms with Crippen LogP contribution in [0.5, 0.6) is 0 Å². The van der Waals surface area contributed by atoms with Gasteiger partial charge in [0.15, 0.2) is 11.2 Å². The predicted octanol–water partition coefficient (Wildman–Crippen LogP) is 1.05. The Kier molecular flexibility index (Phi) is 14.0. The molecule has 0 spiro atoms. The van der Waals surface area contributed by atoms with Crippen LogP contribution in [0.25, 0.3) is 33.4 Å². The lowest BCUT2D eigenvalue weighted by Crippen LogP contribution is -2.47. The Morgan fingerprint density at radius 1 is 0.750 bits per heavy atom. The molecule has 0 radical (unpaired) electrons. The van der Waals surface area contributed by atoms with Gasteiger partial charge in [0.1, 0.15) is 23.4 Å². The number of hydrogen-bond acceptors (Lipinski definition) is 19. The summed E-state index contributed by atoms with van der Waals surface area (Å²) in [4.78, 5) is 59.1. The minimum atomic E-state index is -0.278. The van der Waals surface area contributed by atoms with Gasteiger partial charge in [-0.2, -0.15) is 10.1 Å². The third-order valence-corrected chi connectivity index (χ3v) is 9.51. The van der Waals surface area contributed by atoms with Crippen LogP contribution in [0, 0.1) is 0 Å². The minimum absolute atomic E-state index is 0.0890. The lowest BCUT2D eigenvalue weighted by molar-refractivity contribution is -0.122. The largest absolute Gasteiger partial charge is 0.424 e. The van der Waals surface area contributed by atoms with Gasteiger partial charge in [0.25, 0.3) is 11.9 Å². The highest BCUT2D eigenvalue weighted by Crippen LogP contribution is 2.32. The molecule has 1 aliphatic rings. The fraction of sp³-hybridized carbons (Fsp3) is 0.421. The Bertz CT molecular complexity index is 2330. The predicted molar refractivity (Wildman–Crippen MR) is 222 cm³/mol. The van der Waals surface area contributed by atoms with Gasteiger partial charge in [0, 0.05) is 70.2 Å². The van der Waals surface area contributed by atoms with Gasteiger partial charge in [0.05, 0.1) is 68.7 Å². The SMILES string of the molecule is Nc1cnc(N2CCN(c3ncc(C(=O)NCCOCCOCCOCCC(=O)NCCCCn4nc(-c5ccc6oc(N)nc6c5)c5c(N)ncnc54)cn3)CC2)nc1. The fourth-order valence-electron chi connectivity index (χ4n) is 6.43. The van der Waals surface area contributed by atoms with Gasteiger partial charge in [-0.25, -0.2) is 34.6 Å². The van der Waals surface area contributed by atoms with E-state index in [1.807, 2.05) is 12.1 Å². The van der Waals surface area contributed by atoms with E-state index in [9.17, 15) is 9.59 Å². The van der Waals surface area contributed by atoms with Gasteiger partial charge in [-0.1, -0.05) is 0 Å². The molecular weight excluding hydrogens is 777 g/mol. The van der Waals surface area contributed by atoms with Crippen LogP contribution in [-0.2, 0) is 25.5 Å². The molecule has 0 saturated carbocycles. The lowest BCUT2D eigenvalue weighted by Gasteiger charge is -2.34. The Hall–Kier alpha value is -6.78. The number of rotatable bonds is 21. The summed E-state index contributed by atoms with van der Waals surface area (Å²) in [5, 5.41) is 11.2. The van der Waals surface area contributed by atoms with Crippen molar-refractivity contribution in [3.8, 4) is 11.3 Å². The van der Waals surface area contributed by atoms with Crippen molar-refractivity contribution in [3.05, 3.63) is 54.9 Å². The molecule has 60 heavy (non-hydrogen) atoms. The highest BCUT2D eigenvalue weighted by Gasteiger charge is 2.22. The molecule has 1 fully saturated rings. The van der Waals surface area contributed by atoms with E-state index >= 15 is 0 Å². The molecule has 6 heterocycles.